The monoisotopic (exact) mass is 396 g/mol. The van der Waals surface area contributed by atoms with Crippen LogP contribution in [0.3, 0.4) is 0 Å². The van der Waals surface area contributed by atoms with Gasteiger partial charge in [-0.1, -0.05) is 17.7 Å². The van der Waals surface area contributed by atoms with Crippen molar-refractivity contribution in [2.75, 3.05) is 5.32 Å². The summed E-state index contributed by atoms with van der Waals surface area (Å²) in [6.07, 6.45) is 1.54. The first-order valence-corrected chi connectivity index (χ1v) is 9.64. The summed E-state index contributed by atoms with van der Waals surface area (Å²) < 4.78 is 2.76. The molecular formula is C20H17ClN4OS. The molecule has 0 aliphatic rings. The van der Waals surface area contributed by atoms with Crippen LogP contribution in [-0.4, -0.2) is 20.7 Å². The van der Waals surface area contributed by atoms with Gasteiger partial charge in [0.15, 0.2) is 0 Å². The average molecular weight is 397 g/mol. The van der Waals surface area contributed by atoms with Gasteiger partial charge >= 0.3 is 0 Å². The lowest BCUT2D eigenvalue weighted by Gasteiger charge is -2.07. The van der Waals surface area contributed by atoms with Crippen LogP contribution < -0.4 is 5.32 Å². The molecule has 0 aliphatic carbocycles. The minimum Gasteiger partial charge on any atom is -0.324 e. The molecule has 0 atom stereocenters. The molecule has 5 nitrogen and oxygen atoms in total. The van der Waals surface area contributed by atoms with Crippen LogP contribution in [0.1, 0.15) is 11.3 Å². The summed E-state index contributed by atoms with van der Waals surface area (Å²) in [6, 6.07) is 14.0. The maximum atomic E-state index is 12.2. The summed E-state index contributed by atoms with van der Waals surface area (Å²) in [5.74, 6) is -0.152. The molecular weight excluding hydrogens is 380 g/mol. The van der Waals surface area contributed by atoms with Gasteiger partial charge in [0.05, 0.1) is 27.1 Å². The van der Waals surface area contributed by atoms with Gasteiger partial charge in [-0.05, 0) is 55.8 Å². The summed E-state index contributed by atoms with van der Waals surface area (Å²) in [4.78, 5) is 16.9. The number of nitrogens with one attached hydrogen (secondary N) is 1. The van der Waals surface area contributed by atoms with Crippen molar-refractivity contribution in [2.45, 2.75) is 20.4 Å². The topological polar surface area (TPSA) is 59.8 Å². The summed E-state index contributed by atoms with van der Waals surface area (Å²) in [5, 5.41) is 8.50. The lowest BCUT2D eigenvalue weighted by molar-refractivity contribution is -0.116. The second-order valence-electron chi connectivity index (χ2n) is 6.35. The van der Waals surface area contributed by atoms with Gasteiger partial charge in [0.25, 0.3) is 0 Å². The van der Waals surface area contributed by atoms with Gasteiger partial charge < -0.3 is 5.32 Å². The minimum absolute atomic E-state index is 0.123. The molecule has 0 saturated heterocycles. The number of carbonyl (C=O) groups excluding carboxylic acids is 1. The molecule has 0 unspecified atom stereocenters. The Bertz CT molecular complexity index is 1130. The van der Waals surface area contributed by atoms with Gasteiger partial charge in [0.1, 0.15) is 11.6 Å². The number of hydrogen-bond acceptors (Lipinski definition) is 4. The van der Waals surface area contributed by atoms with E-state index in [1.165, 1.54) is 10.3 Å². The number of carbonyl (C=O) groups is 1. The van der Waals surface area contributed by atoms with Crippen molar-refractivity contribution in [3.63, 3.8) is 0 Å². The number of rotatable bonds is 4. The molecule has 0 aliphatic heterocycles. The van der Waals surface area contributed by atoms with E-state index in [2.05, 4.69) is 34.5 Å². The van der Waals surface area contributed by atoms with E-state index in [-0.39, 0.29) is 12.5 Å². The number of aryl methyl sites for hydroxylation is 1. The Morgan fingerprint density at radius 3 is 2.67 bits per heavy atom. The fourth-order valence-corrected chi connectivity index (χ4v) is 3.98. The van der Waals surface area contributed by atoms with Gasteiger partial charge in [-0.15, -0.1) is 11.3 Å². The standard InChI is InChI=1S/C20H17ClN4OS/c1-12-3-8-17-18(9-12)27-20(24-17)14-4-6-15(7-5-14)23-19(26)11-25-13(2)16(21)10-22-25/h3-10H,11H2,1-2H3,(H,23,26). The Hall–Kier alpha value is -2.70. The molecule has 27 heavy (non-hydrogen) atoms. The molecule has 7 heteroatoms. The van der Waals surface area contributed by atoms with Crippen LogP contribution in [0.2, 0.25) is 5.02 Å². The number of thiazole rings is 1. The predicted molar refractivity (Wildman–Crippen MR) is 110 cm³/mol. The number of anilines is 1. The van der Waals surface area contributed by atoms with E-state index in [1.807, 2.05) is 37.3 Å². The van der Waals surface area contributed by atoms with E-state index in [1.54, 1.807) is 22.2 Å². The van der Waals surface area contributed by atoms with Crippen molar-refractivity contribution in [3.05, 3.63) is 64.9 Å². The Morgan fingerprint density at radius 2 is 1.96 bits per heavy atom. The average Bonchev–Trinajstić information content (AvgIpc) is 3.20. The molecule has 136 valence electrons. The molecule has 1 N–H and O–H groups in total. The van der Waals surface area contributed by atoms with Crippen LogP contribution in [-0.2, 0) is 11.3 Å². The molecule has 0 spiro atoms. The summed E-state index contributed by atoms with van der Waals surface area (Å²) in [7, 11) is 0. The number of halogens is 1. The number of amides is 1. The minimum atomic E-state index is -0.152. The molecule has 0 saturated carbocycles. The lowest BCUT2D eigenvalue weighted by Crippen LogP contribution is -2.20. The summed E-state index contributed by atoms with van der Waals surface area (Å²) in [5.41, 5.74) is 4.77. The summed E-state index contributed by atoms with van der Waals surface area (Å²) in [6.45, 7) is 4.03. The van der Waals surface area contributed by atoms with Crippen molar-refractivity contribution in [1.82, 2.24) is 14.8 Å². The SMILES string of the molecule is Cc1ccc2nc(-c3ccc(NC(=O)Cn4ncc(Cl)c4C)cc3)sc2c1. The van der Waals surface area contributed by atoms with Gasteiger partial charge in [0, 0.05) is 11.3 Å². The van der Waals surface area contributed by atoms with Crippen molar-refractivity contribution < 1.29 is 4.79 Å². The van der Waals surface area contributed by atoms with E-state index in [0.29, 0.717) is 5.02 Å². The van der Waals surface area contributed by atoms with Crippen molar-refractivity contribution in [3.8, 4) is 10.6 Å². The van der Waals surface area contributed by atoms with E-state index in [0.717, 1.165) is 27.5 Å². The molecule has 0 bridgehead atoms. The van der Waals surface area contributed by atoms with Crippen molar-refractivity contribution in [2.24, 2.45) is 0 Å². The third-order valence-corrected chi connectivity index (χ3v) is 5.73. The van der Waals surface area contributed by atoms with E-state index in [4.69, 9.17) is 11.6 Å². The highest BCUT2D eigenvalue weighted by Gasteiger charge is 2.10. The Morgan fingerprint density at radius 1 is 1.19 bits per heavy atom. The van der Waals surface area contributed by atoms with Gasteiger partial charge in [-0.2, -0.15) is 5.10 Å². The molecule has 2 aromatic heterocycles. The number of benzene rings is 2. The van der Waals surface area contributed by atoms with E-state index in [9.17, 15) is 4.79 Å². The third kappa shape index (κ3) is 3.72. The van der Waals surface area contributed by atoms with Crippen LogP contribution in [0.5, 0.6) is 0 Å². The van der Waals surface area contributed by atoms with Crippen LogP contribution in [0.25, 0.3) is 20.8 Å². The zero-order valence-corrected chi connectivity index (χ0v) is 16.4. The van der Waals surface area contributed by atoms with E-state index >= 15 is 0 Å². The largest absolute Gasteiger partial charge is 0.324 e. The fraction of sp³-hybridized carbons (Fsp3) is 0.150. The molecule has 4 aromatic rings. The third-order valence-electron chi connectivity index (χ3n) is 4.30. The Kier molecular flexibility index (Phi) is 4.68. The zero-order chi connectivity index (χ0) is 19.0. The quantitative estimate of drug-likeness (QED) is 0.524. The van der Waals surface area contributed by atoms with Crippen molar-refractivity contribution >= 4 is 44.7 Å². The second-order valence-corrected chi connectivity index (χ2v) is 7.79. The molecule has 1 amide bonds. The number of nitrogens with zero attached hydrogens (tertiary/aromatic N) is 3. The first-order chi connectivity index (χ1) is 13.0. The van der Waals surface area contributed by atoms with Crippen LogP contribution >= 0.6 is 22.9 Å². The Balaban J connectivity index is 1.48. The smallest absolute Gasteiger partial charge is 0.246 e. The first-order valence-electron chi connectivity index (χ1n) is 8.45. The maximum absolute atomic E-state index is 12.2. The zero-order valence-electron chi connectivity index (χ0n) is 14.9. The second kappa shape index (κ2) is 7.13. The number of fused-ring (bicyclic) bond motifs is 1. The molecule has 0 fully saturated rings. The first kappa shape index (κ1) is 17.7. The Labute approximate surface area is 165 Å². The number of aromatic nitrogens is 3. The maximum Gasteiger partial charge on any atom is 0.246 e. The fourth-order valence-electron chi connectivity index (χ4n) is 2.77. The normalized spacial score (nSPS) is 11.1. The highest BCUT2D eigenvalue weighted by atomic mass is 35.5. The number of hydrogen-bond donors (Lipinski definition) is 1. The molecule has 4 rings (SSSR count). The predicted octanol–water partition coefficient (Wildman–Crippen LogP) is 5.07. The van der Waals surface area contributed by atoms with Crippen LogP contribution in [0.15, 0.2) is 48.7 Å². The highest BCUT2D eigenvalue weighted by molar-refractivity contribution is 7.21. The molecule has 2 heterocycles. The highest BCUT2D eigenvalue weighted by Crippen LogP contribution is 2.31. The van der Waals surface area contributed by atoms with E-state index < -0.39 is 0 Å². The lowest BCUT2D eigenvalue weighted by atomic mass is 10.2. The van der Waals surface area contributed by atoms with Crippen LogP contribution in [0, 0.1) is 13.8 Å². The van der Waals surface area contributed by atoms with Crippen molar-refractivity contribution in [1.29, 1.82) is 0 Å². The van der Waals surface area contributed by atoms with Gasteiger partial charge in [0.2, 0.25) is 5.91 Å². The van der Waals surface area contributed by atoms with Crippen LogP contribution in [0.4, 0.5) is 5.69 Å². The molecule has 2 aromatic carbocycles. The summed E-state index contributed by atoms with van der Waals surface area (Å²) >= 11 is 7.63. The molecule has 0 radical (unpaired) electrons. The van der Waals surface area contributed by atoms with Gasteiger partial charge in [-0.3, -0.25) is 9.48 Å². The van der Waals surface area contributed by atoms with Gasteiger partial charge in [-0.25, -0.2) is 4.98 Å².